The van der Waals surface area contributed by atoms with Crippen LogP contribution in [0.1, 0.15) is 20.3 Å². The zero-order chi connectivity index (χ0) is 26.0. The van der Waals surface area contributed by atoms with E-state index in [9.17, 15) is 14.8 Å². The number of pyridine rings is 1. The topological polar surface area (TPSA) is 78.3 Å². The van der Waals surface area contributed by atoms with E-state index < -0.39 is 11.6 Å². The van der Waals surface area contributed by atoms with Gasteiger partial charge in [0.1, 0.15) is 11.3 Å². The Bertz CT molecular complexity index is 1370. The minimum absolute atomic E-state index is 0.181. The largest absolute Gasteiger partial charge is 0.492 e. The highest BCUT2D eigenvalue weighted by Crippen LogP contribution is 2.36. The fraction of sp³-hybridized carbons (Fsp3) is 0.231. The molecule has 184 valence electrons. The van der Waals surface area contributed by atoms with Crippen molar-refractivity contribution < 1.29 is 24.3 Å². The smallest absolute Gasteiger partial charge is 0.332 e. The number of hydrogen-bond donors (Lipinski definition) is 1. The van der Waals surface area contributed by atoms with Crippen LogP contribution >= 0.6 is 23.2 Å². The molecule has 0 aliphatic carbocycles. The Morgan fingerprint density at radius 1 is 1.03 bits per heavy atom. The van der Waals surface area contributed by atoms with E-state index in [1.807, 2.05) is 6.07 Å². The van der Waals surface area contributed by atoms with E-state index in [4.69, 9.17) is 34.5 Å². The van der Waals surface area contributed by atoms with E-state index in [0.717, 1.165) is 20.8 Å². The molecule has 0 atom stereocenters. The Labute approximate surface area is 218 Å². The van der Waals surface area contributed by atoms with Gasteiger partial charge in [-0.3, -0.25) is 10.0 Å². The van der Waals surface area contributed by atoms with Gasteiger partial charge in [0.25, 0.3) is 5.91 Å². The van der Waals surface area contributed by atoms with Gasteiger partial charge >= 0.3 is 6.03 Å². The normalized spacial score (nSPS) is 14.8. The van der Waals surface area contributed by atoms with Crippen LogP contribution in [0.2, 0.25) is 10.0 Å². The number of imide groups is 1. The Morgan fingerprint density at radius 3 is 2.39 bits per heavy atom. The SMILES string of the molecule is [C-]#[N+]c1ccc(N2C(=O)N(CCCOc3ccc(-c4cc[n+](O)cc4)cc3Cl)C(C)(C)C2=O)cc1Cl. The maximum absolute atomic E-state index is 13.2. The zero-order valence-electron chi connectivity index (χ0n) is 19.6. The molecule has 1 fully saturated rings. The molecule has 4 rings (SSSR count). The maximum atomic E-state index is 13.2. The molecule has 3 amide bonds. The van der Waals surface area contributed by atoms with Crippen LogP contribution in [-0.4, -0.2) is 40.7 Å². The van der Waals surface area contributed by atoms with Crippen molar-refractivity contribution in [1.29, 1.82) is 0 Å². The van der Waals surface area contributed by atoms with Crippen LogP contribution in [0.5, 0.6) is 5.75 Å². The van der Waals surface area contributed by atoms with Crippen molar-refractivity contribution in [2.75, 3.05) is 18.1 Å². The van der Waals surface area contributed by atoms with Gasteiger partial charge in [0, 0.05) is 28.4 Å². The molecule has 1 aromatic heterocycles. The third-order valence-electron chi connectivity index (χ3n) is 6.00. The van der Waals surface area contributed by atoms with Gasteiger partial charge in [-0.15, -0.1) is 0 Å². The summed E-state index contributed by atoms with van der Waals surface area (Å²) in [5, 5.41) is 9.99. The Balaban J connectivity index is 1.39. The van der Waals surface area contributed by atoms with E-state index >= 15 is 0 Å². The van der Waals surface area contributed by atoms with E-state index in [0.29, 0.717) is 29.4 Å². The molecule has 36 heavy (non-hydrogen) atoms. The van der Waals surface area contributed by atoms with Crippen molar-refractivity contribution in [3.05, 3.63) is 82.4 Å². The van der Waals surface area contributed by atoms with Gasteiger partial charge in [-0.2, -0.15) is 0 Å². The molecule has 1 saturated heterocycles. The first-order chi connectivity index (χ1) is 17.1. The van der Waals surface area contributed by atoms with Crippen LogP contribution < -0.4 is 14.4 Å². The summed E-state index contributed by atoms with van der Waals surface area (Å²) in [6, 6.07) is 13.0. The van der Waals surface area contributed by atoms with Crippen LogP contribution in [0.3, 0.4) is 0 Å². The number of aromatic nitrogens is 1. The molecule has 1 N–H and O–H groups in total. The predicted octanol–water partition coefficient (Wildman–Crippen LogP) is 5.75. The van der Waals surface area contributed by atoms with Crippen molar-refractivity contribution in [3.8, 4) is 16.9 Å². The number of anilines is 1. The number of carbonyl (C=O) groups is 2. The van der Waals surface area contributed by atoms with Gasteiger partial charge < -0.3 is 9.64 Å². The first-order valence-electron chi connectivity index (χ1n) is 11.1. The zero-order valence-corrected chi connectivity index (χ0v) is 21.1. The molecule has 0 unspecified atom stereocenters. The highest BCUT2D eigenvalue weighted by Gasteiger charge is 2.51. The third kappa shape index (κ3) is 4.81. The molecule has 3 aromatic rings. The van der Waals surface area contributed by atoms with Crippen molar-refractivity contribution in [2.45, 2.75) is 25.8 Å². The third-order valence-corrected chi connectivity index (χ3v) is 6.59. The van der Waals surface area contributed by atoms with Crippen LogP contribution in [-0.2, 0) is 4.79 Å². The minimum atomic E-state index is -1.05. The summed E-state index contributed by atoms with van der Waals surface area (Å²) in [4.78, 5) is 32.1. The standard InChI is InChI=1S/C26H23Cl2N4O4/c1-26(2)24(33)32(19-6-7-22(29-3)20(27)16-19)25(34)31(26)11-4-14-36-23-8-5-18(15-21(23)28)17-9-12-30(35)13-10-17/h5-10,12-13,15-16,35H,4,11,14H2,1-2H3/q+1. The highest BCUT2D eigenvalue weighted by atomic mass is 35.5. The number of ether oxygens (including phenoxy) is 1. The average molecular weight is 526 g/mol. The van der Waals surface area contributed by atoms with Crippen LogP contribution in [0.4, 0.5) is 16.2 Å². The fourth-order valence-corrected chi connectivity index (χ4v) is 4.43. The summed E-state index contributed by atoms with van der Waals surface area (Å²) in [6.45, 7) is 11.1. The molecule has 0 radical (unpaired) electrons. The number of amides is 3. The average Bonchev–Trinajstić information content (AvgIpc) is 3.01. The number of benzene rings is 2. The summed E-state index contributed by atoms with van der Waals surface area (Å²) >= 11 is 12.5. The summed E-state index contributed by atoms with van der Waals surface area (Å²) in [5.74, 6) is 0.138. The molecular formula is C26H23Cl2N4O4+. The van der Waals surface area contributed by atoms with E-state index in [1.165, 1.54) is 29.4 Å². The van der Waals surface area contributed by atoms with Gasteiger partial charge in [0.2, 0.25) is 18.1 Å². The quantitative estimate of drug-likeness (QED) is 0.140. The Hall–Kier alpha value is -3.80. The molecule has 2 aromatic carbocycles. The summed E-state index contributed by atoms with van der Waals surface area (Å²) < 4.78 is 6.79. The number of nitrogens with zero attached hydrogens (tertiary/aromatic N) is 4. The van der Waals surface area contributed by atoms with Crippen molar-refractivity contribution in [1.82, 2.24) is 4.90 Å². The maximum Gasteiger partial charge on any atom is 0.332 e. The molecule has 10 heteroatoms. The number of hydrogen-bond acceptors (Lipinski definition) is 4. The summed E-state index contributed by atoms with van der Waals surface area (Å²) in [5.41, 5.74) is 1.29. The first-order valence-corrected chi connectivity index (χ1v) is 11.9. The lowest BCUT2D eigenvalue weighted by atomic mass is 10.0. The van der Waals surface area contributed by atoms with Crippen molar-refractivity contribution in [2.24, 2.45) is 0 Å². The predicted molar refractivity (Wildman–Crippen MR) is 136 cm³/mol. The van der Waals surface area contributed by atoms with Gasteiger partial charge in [-0.1, -0.05) is 35.3 Å². The molecule has 0 saturated carbocycles. The van der Waals surface area contributed by atoms with Crippen LogP contribution in [0, 0.1) is 6.57 Å². The number of urea groups is 1. The van der Waals surface area contributed by atoms with E-state index in [-0.39, 0.29) is 23.2 Å². The molecule has 0 spiro atoms. The van der Waals surface area contributed by atoms with Crippen molar-refractivity contribution in [3.63, 3.8) is 0 Å². The Morgan fingerprint density at radius 2 is 1.75 bits per heavy atom. The minimum Gasteiger partial charge on any atom is -0.492 e. The van der Waals surface area contributed by atoms with Gasteiger partial charge in [0.05, 0.1) is 23.9 Å². The molecular weight excluding hydrogens is 503 g/mol. The second-order valence-corrected chi connectivity index (χ2v) is 9.51. The second-order valence-electron chi connectivity index (χ2n) is 8.70. The molecule has 1 aliphatic rings. The summed E-state index contributed by atoms with van der Waals surface area (Å²) in [6.07, 6.45) is 3.52. The molecule has 0 bridgehead atoms. The monoisotopic (exact) mass is 525 g/mol. The Kier molecular flexibility index (Phi) is 7.07. The summed E-state index contributed by atoms with van der Waals surface area (Å²) in [7, 11) is 0. The van der Waals surface area contributed by atoms with E-state index in [1.54, 1.807) is 44.2 Å². The molecule has 2 heterocycles. The number of rotatable bonds is 7. The van der Waals surface area contributed by atoms with Crippen LogP contribution in [0.25, 0.3) is 16.0 Å². The first kappa shape index (κ1) is 25.3. The van der Waals surface area contributed by atoms with Crippen molar-refractivity contribution >= 4 is 46.5 Å². The number of carbonyl (C=O) groups excluding carboxylic acids is 2. The molecule has 1 aliphatic heterocycles. The van der Waals surface area contributed by atoms with Gasteiger partial charge in [-0.05, 0) is 55.7 Å². The van der Waals surface area contributed by atoms with Gasteiger partial charge in [-0.25, -0.2) is 14.5 Å². The lowest BCUT2D eigenvalue weighted by molar-refractivity contribution is -0.904. The highest BCUT2D eigenvalue weighted by molar-refractivity contribution is 6.34. The lowest BCUT2D eigenvalue weighted by Gasteiger charge is -2.27. The molecule has 8 nitrogen and oxygen atoms in total. The lowest BCUT2D eigenvalue weighted by Crippen LogP contribution is -2.44. The number of halogens is 2. The van der Waals surface area contributed by atoms with Crippen LogP contribution in [0.15, 0.2) is 60.9 Å². The fourth-order valence-electron chi connectivity index (χ4n) is 3.98. The van der Waals surface area contributed by atoms with Gasteiger partial charge in [0.15, 0.2) is 0 Å². The van der Waals surface area contributed by atoms with E-state index in [2.05, 4.69) is 4.85 Å². The second kappa shape index (κ2) is 10.1.